The van der Waals surface area contributed by atoms with Gasteiger partial charge in [-0.15, -0.1) is 11.8 Å². The second kappa shape index (κ2) is 13.0. The summed E-state index contributed by atoms with van der Waals surface area (Å²) in [4.78, 5) is 58.5. The third-order valence-electron chi connectivity index (χ3n) is 10.5. The number of carbonyl (C=O) groups excluding carboxylic acids is 3. The molecule has 2 saturated carbocycles. The first-order valence-corrected chi connectivity index (χ1v) is 18.4. The number of aromatic nitrogens is 1. The highest BCUT2D eigenvalue weighted by atomic mass is 32.2. The Morgan fingerprint density at radius 1 is 0.962 bits per heavy atom. The third kappa shape index (κ3) is 5.74. The predicted molar refractivity (Wildman–Crippen MR) is 187 cm³/mol. The molecule has 1 aromatic heterocycles. The zero-order chi connectivity index (χ0) is 36.5. The van der Waals surface area contributed by atoms with E-state index in [1.807, 2.05) is 12.1 Å². The number of nitrogens with one attached hydrogen (secondary N) is 2. The number of methoxy groups -OCH3 is 1. The SMILES string of the molecule is CCOc1cc([C@H]2c3sc(=O)[nH]c3SC3C2[C@H]2C[C@@H]3C3C(=O)N(c4ccc(OC)cc4)C(=O)C32)ccc1OCC(=O)Nc1cccc(C(F)(F)F)c1. The van der Waals surface area contributed by atoms with Gasteiger partial charge in [0.25, 0.3) is 5.91 Å². The lowest BCUT2D eigenvalue weighted by molar-refractivity contribution is -0.137. The number of thioether (sulfide) groups is 1. The van der Waals surface area contributed by atoms with Crippen molar-refractivity contribution < 1.29 is 41.8 Å². The molecular formula is C37H32F3N3O7S2. The number of hydrogen-bond donors (Lipinski definition) is 2. The zero-order valence-corrected chi connectivity index (χ0v) is 29.4. The molecular weight excluding hydrogens is 720 g/mol. The molecule has 3 heterocycles. The van der Waals surface area contributed by atoms with E-state index in [4.69, 9.17) is 14.2 Å². The molecule has 52 heavy (non-hydrogen) atoms. The molecule has 3 amide bonds. The van der Waals surface area contributed by atoms with Gasteiger partial charge in [-0.2, -0.15) is 13.2 Å². The van der Waals surface area contributed by atoms with Gasteiger partial charge in [-0.05, 0) is 91.3 Å². The van der Waals surface area contributed by atoms with E-state index < -0.39 is 36.1 Å². The molecule has 1 saturated heterocycles. The molecule has 2 bridgehead atoms. The predicted octanol–water partition coefficient (Wildman–Crippen LogP) is 6.56. The van der Waals surface area contributed by atoms with Gasteiger partial charge < -0.3 is 24.5 Å². The van der Waals surface area contributed by atoms with Crippen molar-refractivity contribution in [3.8, 4) is 17.2 Å². The van der Waals surface area contributed by atoms with Crippen LogP contribution in [0.2, 0.25) is 0 Å². The number of imide groups is 1. The molecule has 3 fully saturated rings. The van der Waals surface area contributed by atoms with E-state index in [2.05, 4.69) is 10.3 Å². The number of carbonyl (C=O) groups is 3. The Balaban J connectivity index is 1.07. The summed E-state index contributed by atoms with van der Waals surface area (Å²) in [5.74, 6) is -1.25. The van der Waals surface area contributed by atoms with E-state index in [0.717, 1.165) is 45.4 Å². The summed E-state index contributed by atoms with van der Waals surface area (Å²) in [6, 6.07) is 16.6. The summed E-state index contributed by atoms with van der Waals surface area (Å²) in [5, 5.41) is 3.18. The fourth-order valence-electron chi connectivity index (χ4n) is 8.60. The van der Waals surface area contributed by atoms with Gasteiger partial charge in [0, 0.05) is 21.7 Å². The summed E-state index contributed by atoms with van der Waals surface area (Å²) in [7, 11) is 1.55. The van der Waals surface area contributed by atoms with Crippen molar-refractivity contribution in [2.45, 2.75) is 35.7 Å². The summed E-state index contributed by atoms with van der Waals surface area (Å²) in [5.41, 5.74) is 0.450. The number of alkyl halides is 3. The van der Waals surface area contributed by atoms with Crippen LogP contribution in [0.15, 0.2) is 76.6 Å². The lowest BCUT2D eigenvalue weighted by Gasteiger charge is -2.43. The molecule has 3 aromatic carbocycles. The molecule has 4 aliphatic rings. The third-order valence-corrected chi connectivity index (χ3v) is 13.1. The molecule has 4 unspecified atom stereocenters. The molecule has 2 aliphatic heterocycles. The van der Waals surface area contributed by atoms with Crippen molar-refractivity contribution in [1.29, 1.82) is 0 Å². The number of H-pyrrole nitrogens is 1. The van der Waals surface area contributed by atoms with Crippen LogP contribution in [0.1, 0.15) is 35.3 Å². The Bertz CT molecular complexity index is 2140. The van der Waals surface area contributed by atoms with Crippen molar-refractivity contribution >= 4 is 52.2 Å². The van der Waals surface area contributed by atoms with E-state index >= 15 is 0 Å². The molecule has 0 spiro atoms. The number of nitrogens with zero attached hydrogens (tertiary/aromatic N) is 1. The fraction of sp³-hybridized carbons (Fsp3) is 0.351. The minimum Gasteiger partial charge on any atom is -0.497 e. The van der Waals surface area contributed by atoms with Gasteiger partial charge in [-0.25, -0.2) is 0 Å². The molecule has 10 nitrogen and oxygen atoms in total. The Kier molecular flexibility index (Phi) is 8.60. The van der Waals surface area contributed by atoms with Gasteiger partial charge in [-0.1, -0.05) is 23.5 Å². The van der Waals surface area contributed by atoms with E-state index in [0.29, 0.717) is 17.2 Å². The summed E-state index contributed by atoms with van der Waals surface area (Å²) >= 11 is 2.73. The summed E-state index contributed by atoms with van der Waals surface area (Å²) in [6.45, 7) is 1.59. The zero-order valence-electron chi connectivity index (χ0n) is 27.8. The number of halogens is 3. The van der Waals surface area contributed by atoms with Crippen LogP contribution in [0, 0.1) is 29.6 Å². The Morgan fingerprint density at radius 2 is 1.71 bits per heavy atom. The molecule has 2 N–H and O–H groups in total. The maximum atomic E-state index is 14.1. The van der Waals surface area contributed by atoms with E-state index in [9.17, 15) is 32.3 Å². The smallest absolute Gasteiger partial charge is 0.416 e. The van der Waals surface area contributed by atoms with Gasteiger partial charge in [0.2, 0.25) is 11.8 Å². The monoisotopic (exact) mass is 751 g/mol. The van der Waals surface area contributed by atoms with Gasteiger partial charge >= 0.3 is 11.0 Å². The van der Waals surface area contributed by atoms with E-state index in [1.54, 1.807) is 56.1 Å². The Labute approximate surface area is 303 Å². The van der Waals surface area contributed by atoms with E-state index in [-0.39, 0.29) is 63.7 Å². The molecule has 0 radical (unpaired) electrons. The summed E-state index contributed by atoms with van der Waals surface area (Å²) < 4.78 is 56.5. The van der Waals surface area contributed by atoms with E-state index in [1.165, 1.54) is 17.0 Å². The maximum absolute atomic E-state index is 14.1. The Hall–Kier alpha value is -4.76. The van der Waals surface area contributed by atoms with Crippen LogP contribution in [0.3, 0.4) is 0 Å². The highest BCUT2D eigenvalue weighted by Gasteiger charge is 2.69. The number of hydrogen-bond acceptors (Lipinski definition) is 9. The van der Waals surface area contributed by atoms with Crippen LogP contribution in [0.5, 0.6) is 17.2 Å². The molecule has 15 heteroatoms. The normalized spacial score (nSPS) is 25.8. The number of amides is 3. The standard InChI is InChI=1S/C37H32F3N3O7S2/c1-3-49-25-13-17(7-12-24(25)50-16-26(44)41-19-6-4-5-18(14-19)37(38,39)40)27-28-22-15-23(31(28)51-33-32(27)52-36(47)42-33)30-29(22)34(45)43(35(30)46)20-8-10-21(48-2)11-9-20/h4-14,22-23,27-31H,3,15-16H2,1-2H3,(H,41,44)(H,42,47)/t22-,23-,27-,28?,29?,30?,31?/m1/s1. The number of rotatable bonds is 9. The van der Waals surface area contributed by atoms with Crippen LogP contribution >= 0.6 is 23.1 Å². The second-order valence-corrected chi connectivity index (χ2v) is 15.4. The van der Waals surface area contributed by atoms with Crippen molar-refractivity contribution in [2.75, 3.05) is 30.5 Å². The average Bonchev–Trinajstić information content (AvgIpc) is 3.86. The van der Waals surface area contributed by atoms with Gasteiger partial charge in [-0.3, -0.25) is 24.1 Å². The van der Waals surface area contributed by atoms with Crippen LogP contribution < -0.4 is 29.3 Å². The fourth-order valence-corrected chi connectivity index (χ4v) is 11.5. The maximum Gasteiger partial charge on any atom is 0.416 e. The summed E-state index contributed by atoms with van der Waals surface area (Å²) in [6.07, 6.45) is -3.83. The van der Waals surface area contributed by atoms with Crippen molar-refractivity contribution in [3.63, 3.8) is 0 Å². The number of aromatic amines is 1. The quantitative estimate of drug-likeness (QED) is 0.184. The second-order valence-electron chi connectivity index (χ2n) is 13.2. The van der Waals surface area contributed by atoms with Crippen LogP contribution in [-0.4, -0.2) is 48.3 Å². The lowest BCUT2D eigenvalue weighted by atomic mass is 9.68. The number of thiazole rings is 1. The first-order chi connectivity index (χ1) is 25.0. The molecule has 8 rings (SSSR count). The molecule has 7 atom stereocenters. The van der Waals surface area contributed by atoms with Crippen LogP contribution in [0.25, 0.3) is 0 Å². The van der Waals surface area contributed by atoms with Crippen LogP contribution in [0.4, 0.5) is 24.5 Å². The molecule has 2 aliphatic carbocycles. The van der Waals surface area contributed by atoms with Gasteiger partial charge in [0.1, 0.15) is 5.75 Å². The number of fused-ring (bicyclic) bond motifs is 9. The topological polar surface area (TPSA) is 127 Å². The number of anilines is 2. The number of ether oxygens (including phenoxy) is 3. The minimum absolute atomic E-state index is 0.0162. The molecule has 270 valence electrons. The highest BCUT2D eigenvalue weighted by molar-refractivity contribution is 8.00. The van der Waals surface area contributed by atoms with Gasteiger partial charge in [0.15, 0.2) is 18.1 Å². The highest BCUT2D eigenvalue weighted by Crippen LogP contribution is 2.69. The largest absolute Gasteiger partial charge is 0.497 e. The van der Waals surface area contributed by atoms with Crippen molar-refractivity contribution in [1.82, 2.24) is 4.98 Å². The van der Waals surface area contributed by atoms with Gasteiger partial charge in [0.05, 0.1) is 41.8 Å². The Morgan fingerprint density at radius 3 is 2.42 bits per heavy atom. The van der Waals surface area contributed by atoms with Crippen molar-refractivity contribution in [3.05, 3.63) is 92.4 Å². The van der Waals surface area contributed by atoms with Crippen LogP contribution in [-0.2, 0) is 20.6 Å². The average molecular weight is 752 g/mol. The number of benzene rings is 3. The minimum atomic E-state index is -4.55. The first-order valence-electron chi connectivity index (χ1n) is 16.7. The van der Waals surface area contributed by atoms with Crippen molar-refractivity contribution in [2.24, 2.45) is 29.6 Å². The lowest BCUT2D eigenvalue weighted by Crippen LogP contribution is -2.42. The molecule has 4 aromatic rings. The first kappa shape index (κ1) is 34.3.